The van der Waals surface area contributed by atoms with Crippen molar-refractivity contribution in [2.75, 3.05) is 11.5 Å². The van der Waals surface area contributed by atoms with Gasteiger partial charge in [-0.2, -0.15) is 0 Å². The SMILES string of the molecule is CC(C)c1ccc(CN2C(=O)C(N)COc3ccccc32)cc1. The molecule has 120 valence electrons. The van der Waals surface area contributed by atoms with Crippen LogP contribution in [0.15, 0.2) is 48.5 Å². The molecule has 0 radical (unpaired) electrons. The number of anilines is 1. The first-order valence-electron chi connectivity index (χ1n) is 7.94. The fourth-order valence-electron chi connectivity index (χ4n) is 2.73. The summed E-state index contributed by atoms with van der Waals surface area (Å²) >= 11 is 0. The van der Waals surface area contributed by atoms with Crippen molar-refractivity contribution in [1.82, 2.24) is 0 Å². The van der Waals surface area contributed by atoms with Gasteiger partial charge < -0.3 is 15.4 Å². The van der Waals surface area contributed by atoms with Crippen molar-refractivity contribution < 1.29 is 9.53 Å². The van der Waals surface area contributed by atoms with Crippen LogP contribution < -0.4 is 15.4 Å². The largest absolute Gasteiger partial charge is 0.489 e. The number of carbonyl (C=O) groups is 1. The van der Waals surface area contributed by atoms with Gasteiger partial charge in [0.05, 0.1) is 12.2 Å². The molecule has 0 aliphatic carbocycles. The highest BCUT2D eigenvalue weighted by molar-refractivity contribution is 5.99. The van der Waals surface area contributed by atoms with Crippen molar-refractivity contribution in [2.45, 2.75) is 32.4 Å². The monoisotopic (exact) mass is 310 g/mol. The Balaban J connectivity index is 1.91. The van der Waals surface area contributed by atoms with Crippen LogP contribution in [0.5, 0.6) is 5.75 Å². The lowest BCUT2D eigenvalue weighted by Crippen LogP contribution is -2.44. The average Bonchev–Trinajstić information content (AvgIpc) is 2.68. The van der Waals surface area contributed by atoms with Gasteiger partial charge in [0, 0.05) is 0 Å². The predicted molar refractivity (Wildman–Crippen MR) is 91.6 cm³/mol. The van der Waals surface area contributed by atoms with Gasteiger partial charge in [0.1, 0.15) is 18.4 Å². The lowest BCUT2D eigenvalue weighted by Gasteiger charge is -2.23. The molecule has 1 atom stereocenters. The van der Waals surface area contributed by atoms with Crippen molar-refractivity contribution in [3.8, 4) is 5.75 Å². The molecule has 0 aromatic heterocycles. The van der Waals surface area contributed by atoms with Crippen LogP contribution in [0.3, 0.4) is 0 Å². The molecule has 0 saturated heterocycles. The van der Waals surface area contributed by atoms with Gasteiger partial charge >= 0.3 is 0 Å². The molecule has 1 unspecified atom stereocenters. The lowest BCUT2D eigenvalue weighted by molar-refractivity contribution is -0.120. The molecule has 23 heavy (non-hydrogen) atoms. The quantitative estimate of drug-likeness (QED) is 0.948. The number of nitrogens with two attached hydrogens (primary N) is 1. The van der Waals surface area contributed by atoms with E-state index in [2.05, 4.69) is 38.1 Å². The molecule has 0 saturated carbocycles. The van der Waals surface area contributed by atoms with Gasteiger partial charge in [-0.3, -0.25) is 4.79 Å². The first-order valence-corrected chi connectivity index (χ1v) is 7.94. The number of amides is 1. The maximum absolute atomic E-state index is 12.6. The van der Waals surface area contributed by atoms with Crippen LogP contribution in [0.2, 0.25) is 0 Å². The molecule has 1 aliphatic rings. The third kappa shape index (κ3) is 3.22. The number of hydrogen-bond acceptors (Lipinski definition) is 3. The summed E-state index contributed by atoms with van der Waals surface area (Å²) in [7, 11) is 0. The molecular weight excluding hydrogens is 288 g/mol. The van der Waals surface area contributed by atoms with E-state index in [1.54, 1.807) is 4.90 Å². The molecule has 3 rings (SSSR count). The highest BCUT2D eigenvalue weighted by Crippen LogP contribution is 2.32. The molecule has 2 N–H and O–H groups in total. The van der Waals surface area contributed by atoms with Gasteiger partial charge in [-0.25, -0.2) is 0 Å². The standard InChI is InChI=1S/C19H22N2O2/c1-13(2)15-9-7-14(8-10-15)11-21-17-5-3-4-6-18(17)23-12-16(20)19(21)22/h3-10,13,16H,11-12,20H2,1-2H3. The zero-order valence-electron chi connectivity index (χ0n) is 13.5. The molecule has 2 aromatic rings. The molecule has 1 aliphatic heterocycles. The third-order valence-electron chi connectivity index (χ3n) is 4.14. The van der Waals surface area contributed by atoms with Crippen molar-refractivity contribution in [3.63, 3.8) is 0 Å². The summed E-state index contributed by atoms with van der Waals surface area (Å²) in [6.07, 6.45) is 0. The number of fused-ring (bicyclic) bond motifs is 1. The van der Waals surface area contributed by atoms with E-state index in [-0.39, 0.29) is 12.5 Å². The van der Waals surface area contributed by atoms with Crippen LogP contribution >= 0.6 is 0 Å². The second kappa shape index (κ2) is 6.42. The van der Waals surface area contributed by atoms with E-state index in [0.717, 1.165) is 11.3 Å². The molecule has 1 heterocycles. The van der Waals surface area contributed by atoms with Gasteiger partial charge in [-0.1, -0.05) is 50.2 Å². The molecule has 4 heteroatoms. The number of ether oxygens (including phenoxy) is 1. The summed E-state index contributed by atoms with van der Waals surface area (Å²) in [5.41, 5.74) is 9.09. The van der Waals surface area contributed by atoms with Crippen molar-refractivity contribution in [3.05, 3.63) is 59.7 Å². The van der Waals surface area contributed by atoms with E-state index in [1.807, 2.05) is 24.3 Å². The Morgan fingerprint density at radius 3 is 2.57 bits per heavy atom. The molecule has 1 amide bonds. The average molecular weight is 310 g/mol. The fraction of sp³-hybridized carbons (Fsp3) is 0.316. The van der Waals surface area contributed by atoms with Crippen LogP contribution in [0, 0.1) is 0 Å². The Bertz CT molecular complexity index is 695. The zero-order chi connectivity index (χ0) is 16.4. The Morgan fingerprint density at radius 1 is 1.17 bits per heavy atom. The molecule has 4 nitrogen and oxygen atoms in total. The Kier molecular flexibility index (Phi) is 4.35. The first kappa shape index (κ1) is 15.6. The van der Waals surface area contributed by atoms with Crippen LogP contribution in [0.4, 0.5) is 5.69 Å². The number of nitrogens with zero attached hydrogens (tertiary/aromatic N) is 1. The van der Waals surface area contributed by atoms with E-state index in [9.17, 15) is 4.79 Å². The summed E-state index contributed by atoms with van der Waals surface area (Å²) in [6.45, 7) is 5.03. The minimum atomic E-state index is -0.641. The zero-order valence-corrected chi connectivity index (χ0v) is 13.5. The molecule has 0 fully saturated rings. The second-order valence-electron chi connectivity index (χ2n) is 6.21. The number of para-hydroxylation sites is 2. The maximum atomic E-state index is 12.6. The van der Waals surface area contributed by atoms with Gasteiger partial charge in [-0.15, -0.1) is 0 Å². The number of rotatable bonds is 3. The summed E-state index contributed by atoms with van der Waals surface area (Å²) in [5.74, 6) is 1.09. The molecule has 0 bridgehead atoms. The maximum Gasteiger partial charge on any atom is 0.247 e. The van der Waals surface area contributed by atoms with Crippen LogP contribution in [0.25, 0.3) is 0 Å². The number of carbonyl (C=O) groups excluding carboxylic acids is 1. The van der Waals surface area contributed by atoms with Crippen LogP contribution in [-0.2, 0) is 11.3 Å². The Hall–Kier alpha value is -2.33. The fourth-order valence-corrected chi connectivity index (χ4v) is 2.73. The minimum Gasteiger partial charge on any atom is -0.489 e. The van der Waals surface area contributed by atoms with Crippen molar-refractivity contribution in [2.24, 2.45) is 5.73 Å². The lowest BCUT2D eigenvalue weighted by atomic mass is 10.0. The van der Waals surface area contributed by atoms with Crippen LogP contribution in [0.1, 0.15) is 30.9 Å². The van der Waals surface area contributed by atoms with E-state index in [0.29, 0.717) is 18.2 Å². The van der Waals surface area contributed by atoms with Gasteiger partial charge in [-0.05, 0) is 29.2 Å². The summed E-state index contributed by atoms with van der Waals surface area (Å²) < 4.78 is 5.66. The third-order valence-corrected chi connectivity index (χ3v) is 4.14. The highest BCUT2D eigenvalue weighted by atomic mass is 16.5. The van der Waals surface area contributed by atoms with E-state index < -0.39 is 6.04 Å². The van der Waals surface area contributed by atoms with Crippen molar-refractivity contribution >= 4 is 11.6 Å². The summed E-state index contributed by atoms with van der Waals surface area (Å²) in [6, 6.07) is 15.3. The van der Waals surface area contributed by atoms with E-state index in [1.165, 1.54) is 5.56 Å². The summed E-state index contributed by atoms with van der Waals surface area (Å²) in [4.78, 5) is 14.3. The number of hydrogen-bond donors (Lipinski definition) is 1. The van der Waals surface area contributed by atoms with E-state index in [4.69, 9.17) is 10.5 Å². The van der Waals surface area contributed by atoms with Gasteiger partial charge in [0.15, 0.2) is 0 Å². The Labute approximate surface area is 136 Å². The topological polar surface area (TPSA) is 55.6 Å². The smallest absolute Gasteiger partial charge is 0.247 e. The normalized spacial score (nSPS) is 17.7. The predicted octanol–water partition coefficient (Wildman–Crippen LogP) is 3.06. The van der Waals surface area contributed by atoms with Crippen molar-refractivity contribution in [1.29, 1.82) is 0 Å². The molecular formula is C19H22N2O2. The number of benzene rings is 2. The van der Waals surface area contributed by atoms with Crippen LogP contribution in [-0.4, -0.2) is 18.6 Å². The van der Waals surface area contributed by atoms with Gasteiger partial charge in [0.2, 0.25) is 5.91 Å². The molecule has 0 spiro atoms. The second-order valence-corrected chi connectivity index (χ2v) is 6.21. The van der Waals surface area contributed by atoms with E-state index >= 15 is 0 Å². The Morgan fingerprint density at radius 2 is 1.87 bits per heavy atom. The summed E-state index contributed by atoms with van der Waals surface area (Å²) in [5, 5.41) is 0. The minimum absolute atomic E-state index is 0.108. The molecule has 2 aromatic carbocycles. The highest BCUT2D eigenvalue weighted by Gasteiger charge is 2.28. The first-order chi connectivity index (χ1) is 11.1. The van der Waals surface area contributed by atoms with Gasteiger partial charge in [0.25, 0.3) is 0 Å².